The van der Waals surface area contributed by atoms with Gasteiger partial charge in [-0.2, -0.15) is 0 Å². The summed E-state index contributed by atoms with van der Waals surface area (Å²) in [7, 11) is 0. The third kappa shape index (κ3) is 2.20. The van der Waals surface area contributed by atoms with E-state index in [4.69, 9.17) is 11.6 Å². The SMILES string of the molecule is Cc1cc2c(cc1F)nc(CCl)n2-c1ccccc1I. The van der Waals surface area contributed by atoms with Gasteiger partial charge in [-0.25, -0.2) is 9.37 Å². The number of halogens is 3. The zero-order valence-electron chi connectivity index (χ0n) is 10.7. The number of hydrogen-bond acceptors (Lipinski definition) is 1. The van der Waals surface area contributed by atoms with E-state index in [2.05, 4.69) is 27.6 Å². The van der Waals surface area contributed by atoms with Crippen LogP contribution in [0.4, 0.5) is 4.39 Å². The number of aromatic nitrogens is 2. The quantitative estimate of drug-likeness (QED) is 0.446. The van der Waals surface area contributed by atoms with Crippen LogP contribution in [0.2, 0.25) is 0 Å². The number of nitrogens with zero attached hydrogens (tertiary/aromatic N) is 2. The van der Waals surface area contributed by atoms with Crippen molar-refractivity contribution in [3.8, 4) is 5.69 Å². The summed E-state index contributed by atoms with van der Waals surface area (Å²) in [4.78, 5) is 4.44. The van der Waals surface area contributed by atoms with E-state index in [9.17, 15) is 4.39 Å². The molecule has 1 aromatic heterocycles. The van der Waals surface area contributed by atoms with Gasteiger partial charge in [-0.1, -0.05) is 12.1 Å². The fourth-order valence-electron chi connectivity index (χ4n) is 2.24. The highest BCUT2D eigenvalue weighted by molar-refractivity contribution is 14.1. The number of rotatable bonds is 2. The summed E-state index contributed by atoms with van der Waals surface area (Å²) in [6.07, 6.45) is 0. The van der Waals surface area contributed by atoms with Crippen LogP contribution >= 0.6 is 34.2 Å². The fraction of sp³-hybridized carbons (Fsp3) is 0.133. The van der Waals surface area contributed by atoms with Gasteiger partial charge in [0.2, 0.25) is 0 Å². The van der Waals surface area contributed by atoms with Gasteiger partial charge >= 0.3 is 0 Å². The van der Waals surface area contributed by atoms with Gasteiger partial charge in [0.15, 0.2) is 0 Å². The van der Waals surface area contributed by atoms with Crippen LogP contribution in [0.25, 0.3) is 16.7 Å². The Hall–Kier alpha value is -1.14. The predicted octanol–water partition coefficient (Wildman–Crippen LogP) is 4.82. The molecule has 3 aromatic rings. The minimum Gasteiger partial charge on any atom is -0.294 e. The number of fused-ring (bicyclic) bond motifs is 1. The van der Waals surface area contributed by atoms with E-state index < -0.39 is 0 Å². The van der Waals surface area contributed by atoms with Gasteiger partial charge in [-0.15, -0.1) is 11.6 Å². The summed E-state index contributed by atoms with van der Waals surface area (Å²) >= 11 is 8.28. The van der Waals surface area contributed by atoms with Gasteiger partial charge in [-0.3, -0.25) is 4.57 Å². The van der Waals surface area contributed by atoms with Gasteiger partial charge in [0.1, 0.15) is 11.6 Å². The topological polar surface area (TPSA) is 17.8 Å². The maximum absolute atomic E-state index is 13.7. The number of alkyl halides is 1. The summed E-state index contributed by atoms with van der Waals surface area (Å²) in [5.74, 6) is 0.752. The number of imidazole rings is 1. The Balaban J connectivity index is 2.39. The molecule has 102 valence electrons. The Morgan fingerprint density at radius 2 is 2.05 bits per heavy atom. The molecule has 0 saturated carbocycles. The van der Waals surface area contributed by atoms with Crippen LogP contribution in [0, 0.1) is 16.3 Å². The van der Waals surface area contributed by atoms with Crippen molar-refractivity contribution in [3.63, 3.8) is 0 Å². The summed E-state index contributed by atoms with van der Waals surface area (Å²) in [5, 5.41) is 0. The molecule has 0 bridgehead atoms. The Bertz CT molecular complexity index is 798. The van der Waals surface area contributed by atoms with Crippen molar-refractivity contribution in [2.24, 2.45) is 0 Å². The first-order valence-corrected chi connectivity index (χ1v) is 7.71. The Kier molecular flexibility index (Phi) is 3.69. The van der Waals surface area contributed by atoms with Gasteiger partial charge in [-0.05, 0) is 53.3 Å². The van der Waals surface area contributed by atoms with Crippen molar-refractivity contribution in [1.82, 2.24) is 9.55 Å². The third-order valence-corrected chi connectivity index (χ3v) is 4.37. The molecule has 0 radical (unpaired) electrons. The molecule has 0 aliphatic heterocycles. The number of benzene rings is 2. The van der Waals surface area contributed by atoms with Crippen LogP contribution < -0.4 is 0 Å². The minimum atomic E-state index is -0.244. The van der Waals surface area contributed by atoms with E-state index in [-0.39, 0.29) is 11.7 Å². The Morgan fingerprint density at radius 3 is 2.75 bits per heavy atom. The number of para-hydroxylation sites is 1. The second-order valence-corrected chi connectivity index (χ2v) is 5.97. The predicted molar refractivity (Wildman–Crippen MR) is 88.0 cm³/mol. The molecule has 0 aliphatic carbocycles. The molecule has 0 unspecified atom stereocenters. The van der Waals surface area contributed by atoms with Crippen molar-refractivity contribution >= 4 is 45.2 Å². The van der Waals surface area contributed by atoms with Crippen molar-refractivity contribution in [3.05, 3.63) is 57.2 Å². The number of hydrogen-bond donors (Lipinski definition) is 0. The molecule has 3 rings (SSSR count). The van der Waals surface area contributed by atoms with E-state index in [1.54, 1.807) is 6.92 Å². The van der Waals surface area contributed by atoms with Crippen molar-refractivity contribution in [2.45, 2.75) is 12.8 Å². The summed E-state index contributed by atoms with van der Waals surface area (Å²) in [5.41, 5.74) is 3.12. The highest BCUT2D eigenvalue weighted by Gasteiger charge is 2.15. The first-order chi connectivity index (χ1) is 9.61. The molecule has 0 atom stereocenters. The number of aryl methyl sites for hydroxylation is 1. The largest absolute Gasteiger partial charge is 0.294 e. The lowest BCUT2D eigenvalue weighted by molar-refractivity contribution is 0.620. The van der Waals surface area contributed by atoms with Crippen LogP contribution in [0.1, 0.15) is 11.4 Å². The highest BCUT2D eigenvalue weighted by Crippen LogP contribution is 2.27. The second kappa shape index (κ2) is 5.33. The van der Waals surface area contributed by atoms with E-state index in [1.165, 1.54) is 6.07 Å². The van der Waals surface area contributed by atoms with Gasteiger partial charge < -0.3 is 0 Å². The van der Waals surface area contributed by atoms with Crippen LogP contribution in [0.5, 0.6) is 0 Å². The maximum Gasteiger partial charge on any atom is 0.129 e. The van der Waals surface area contributed by atoms with Crippen LogP contribution in [0.15, 0.2) is 36.4 Å². The normalized spacial score (nSPS) is 11.2. The monoisotopic (exact) mass is 400 g/mol. The first-order valence-electron chi connectivity index (χ1n) is 6.10. The molecule has 1 heterocycles. The van der Waals surface area contributed by atoms with E-state index in [1.807, 2.05) is 34.9 Å². The zero-order valence-corrected chi connectivity index (χ0v) is 13.6. The van der Waals surface area contributed by atoms with Gasteiger partial charge in [0.25, 0.3) is 0 Å². The van der Waals surface area contributed by atoms with Crippen LogP contribution in [-0.4, -0.2) is 9.55 Å². The lowest BCUT2D eigenvalue weighted by atomic mass is 10.2. The molecule has 20 heavy (non-hydrogen) atoms. The Labute approximate surface area is 134 Å². The van der Waals surface area contributed by atoms with Gasteiger partial charge in [0.05, 0.1) is 22.6 Å². The average Bonchev–Trinajstić information content (AvgIpc) is 2.77. The lowest BCUT2D eigenvalue weighted by Crippen LogP contribution is -2.01. The summed E-state index contributed by atoms with van der Waals surface area (Å²) in [6, 6.07) is 11.3. The van der Waals surface area contributed by atoms with Crippen molar-refractivity contribution < 1.29 is 4.39 Å². The highest BCUT2D eigenvalue weighted by atomic mass is 127. The van der Waals surface area contributed by atoms with E-state index in [0.29, 0.717) is 11.1 Å². The molecule has 5 heteroatoms. The van der Waals surface area contributed by atoms with Crippen molar-refractivity contribution in [1.29, 1.82) is 0 Å². The zero-order chi connectivity index (χ0) is 14.3. The van der Waals surface area contributed by atoms with Crippen LogP contribution in [0.3, 0.4) is 0 Å². The molecule has 0 spiro atoms. The lowest BCUT2D eigenvalue weighted by Gasteiger charge is -2.10. The smallest absolute Gasteiger partial charge is 0.129 e. The molecule has 0 amide bonds. The maximum atomic E-state index is 13.7. The fourth-order valence-corrected chi connectivity index (χ4v) is 3.05. The molecule has 0 N–H and O–H groups in total. The average molecular weight is 401 g/mol. The van der Waals surface area contributed by atoms with Crippen LogP contribution in [-0.2, 0) is 5.88 Å². The molecular formula is C15H11ClFIN2. The molecule has 0 saturated heterocycles. The van der Waals surface area contributed by atoms with E-state index in [0.717, 1.165) is 20.6 Å². The molecule has 2 aromatic carbocycles. The van der Waals surface area contributed by atoms with E-state index >= 15 is 0 Å². The first kappa shape index (κ1) is 13.8. The Morgan fingerprint density at radius 1 is 1.30 bits per heavy atom. The molecule has 2 nitrogen and oxygen atoms in total. The van der Waals surface area contributed by atoms with Gasteiger partial charge in [0, 0.05) is 9.64 Å². The summed E-state index contributed by atoms with van der Waals surface area (Å²) in [6.45, 7) is 1.75. The molecule has 0 fully saturated rings. The standard InChI is InChI=1S/C15H11ClFIN2/c1-9-6-14-12(7-10(9)17)19-15(8-16)20(14)13-5-3-2-4-11(13)18/h2-7H,8H2,1H3. The molecule has 0 aliphatic rings. The molecular weight excluding hydrogens is 390 g/mol. The third-order valence-electron chi connectivity index (χ3n) is 3.22. The van der Waals surface area contributed by atoms with Crippen molar-refractivity contribution in [2.75, 3.05) is 0 Å². The minimum absolute atomic E-state index is 0.244. The second-order valence-electron chi connectivity index (χ2n) is 4.54. The summed E-state index contributed by atoms with van der Waals surface area (Å²) < 4.78 is 16.8.